The van der Waals surface area contributed by atoms with Crippen LogP contribution in [0.2, 0.25) is 5.02 Å². The number of amides is 1. The van der Waals surface area contributed by atoms with Gasteiger partial charge in [0.05, 0.1) is 4.92 Å². The summed E-state index contributed by atoms with van der Waals surface area (Å²) in [6.45, 7) is 1.86. The van der Waals surface area contributed by atoms with Gasteiger partial charge in [-0.05, 0) is 47.9 Å². The highest BCUT2D eigenvalue weighted by Gasteiger charge is 2.14. The molecule has 0 spiro atoms. The number of non-ortho nitro benzene ring substituents is 1. The van der Waals surface area contributed by atoms with Gasteiger partial charge >= 0.3 is 0 Å². The van der Waals surface area contributed by atoms with Crippen LogP contribution in [0.5, 0.6) is 0 Å². The summed E-state index contributed by atoms with van der Waals surface area (Å²) in [5.74, 6) is -0.317. The third-order valence-corrected chi connectivity index (χ3v) is 4.39. The van der Waals surface area contributed by atoms with E-state index in [0.717, 1.165) is 5.56 Å². The van der Waals surface area contributed by atoms with E-state index in [2.05, 4.69) is 5.32 Å². The zero-order valence-electron chi connectivity index (χ0n) is 15.1. The summed E-state index contributed by atoms with van der Waals surface area (Å²) in [6, 6.07) is 20.5. The Morgan fingerprint density at radius 3 is 2.46 bits per heavy atom. The van der Waals surface area contributed by atoms with E-state index < -0.39 is 4.92 Å². The number of hydrogen-bond donors (Lipinski definition) is 1. The fourth-order valence-corrected chi connectivity index (χ4v) is 2.98. The summed E-state index contributed by atoms with van der Waals surface area (Å²) in [5, 5.41) is 14.5. The molecule has 0 atom stereocenters. The lowest BCUT2D eigenvalue weighted by atomic mass is 10.0. The normalized spacial score (nSPS) is 11.1. The van der Waals surface area contributed by atoms with Gasteiger partial charge in [0.1, 0.15) is 0 Å². The molecular weight excluding hydrogens is 376 g/mol. The van der Waals surface area contributed by atoms with Gasteiger partial charge in [-0.15, -0.1) is 0 Å². The predicted molar refractivity (Wildman–Crippen MR) is 112 cm³/mol. The smallest absolute Gasteiger partial charge is 0.270 e. The SMILES string of the molecule is Cc1cc(Cl)ccc1NC(=O)/C(=C/c1cccc([N+](=O)[O-])c1)c1ccccc1. The molecule has 3 aromatic carbocycles. The molecule has 0 aliphatic heterocycles. The highest BCUT2D eigenvalue weighted by atomic mass is 35.5. The summed E-state index contributed by atoms with van der Waals surface area (Å²) in [6.07, 6.45) is 1.64. The molecule has 0 unspecified atom stereocenters. The zero-order valence-corrected chi connectivity index (χ0v) is 15.8. The van der Waals surface area contributed by atoms with E-state index in [4.69, 9.17) is 11.6 Å². The van der Waals surface area contributed by atoms with Gasteiger partial charge in [-0.1, -0.05) is 54.1 Å². The van der Waals surface area contributed by atoms with Gasteiger partial charge in [-0.25, -0.2) is 0 Å². The topological polar surface area (TPSA) is 72.2 Å². The molecule has 0 aliphatic carbocycles. The minimum absolute atomic E-state index is 0.0323. The number of nitrogens with one attached hydrogen (secondary N) is 1. The van der Waals surface area contributed by atoms with Crippen molar-refractivity contribution in [3.8, 4) is 0 Å². The number of aryl methyl sites for hydroxylation is 1. The van der Waals surface area contributed by atoms with Crippen LogP contribution in [-0.2, 0) is 4.79 Å². The van der Waals surface area contributed by atoms with Gasteiger partial charge in [0, 0.05) is 28.4 Å². The fraction of sp³-hybridized carbons (Fsp3) is 0.0455. The number of benzene rings is 3. The van der Waals surface area contributed by atoms with E-state index in [0.29, 0.717) is 27.4 Å². The number of halogens is 1. The maximum absolute atomic E-state index is 13.0. The maximum Gasteiger partial charge on any atom is 0.270 e. The zero-order chi connectivity index (χ0) is 20.1. The number of carbonyl (C=O) groups is 1. The predicted octanol–water partition coefficient (Wildman–Crippen LogP) is 5.74. The number of hydrogen-bond acceptors (Lipinski definition) is 3. The van der Waals surface area contributed by atoms with E-state index in [-0.39, 0.29) is 11.6 Å². The molecule has 0 fully saturated rings. The summed E-state index contributed by atoms with van der Waals surface area (Å²) < 4.78 is 0. The first-order valence-corrected chi connectivity index (χ1v) is 8.91. The van der Waals surface area contributed by atoms with Crippen LogP contribution in [0.1, 0.15) is 16.7 Å². The van der Waals surface area contributed by atoms with E-state index >= 15 is 0 Å². The average Bonchev–Trinajstić information content (AvgIpc) is 2.69. The molecule has 6 heteroatoms. The molecular formula is C22H17ClN2O3. The van der Waals surface area contributed by atoms with Crippen LogP contribution in [0.4, 0.5) is 11.4 Å². The van der Waals surface area contributed by atoms with Crippen LogP contribution in [0.3, 0.4) is 0 Å². The summed E-state index contributed by atoms with van der Waals surface area (Å²) in [5.41, 5.74) is 3.12. The Bertz CT molecular complexity index is 1060. The first kappa shape index (κ1) is 19.3. The number of nitro groups is 1. The Morgan fingerprint density at radius 2 is 1.79 bits per heavy atom. The standard InChI is InChI=1S/C22H17ClN2O3/c1-15-12-18(23)10-11-21(15)24-22(26)20(17-7-3-2-4-8-17)14-16-6-5-9-19(13-16)25(27)28/h2-14H,1H3,(H,24,26)/b20-14+. The van der Waals surface area contributed by atoms with Crippen molar-refractivity contribution >= 4 is 40.5 Å². The van der Waals surface area contributed by atoms with E-state index in [9.17, 15) is 14.9 Å². The summed E-state index contributed by atoms with van der Waals surface area (Å²) >= 11 is 5.98. The molecule has 28 heavy (non-hydrogen) atoms. The van der Waals surface area contributed by atoms with Crippen molar-refractivity contribution in [2.24, 2.45) is 0 Å². The Hall–Kier alpha value is -3.44. The quantitative estimate of drug-likeness (QED) is 0.260. The van der Waals surface area contributed by atoms with Crippen molar-refractivity contribution in [2.75, 3.05) is 5.32 Å². The highest BCUT2D eigenvalue weighted by Crippen LogP contribution is 2.25. The minimum atomic E-state index is -0.462. The molecule has 5 nitrogen and oxygen atoms in total. The molecule has 1 N–H and O–H groups in total. The van der Waals surface area contributed by atoms with E-state index in [1.165, 1.54) is 12.1 Å². The number of anilines is 1. The van der Waals surface area contributed by atoms with Gasteiger partial charge < -0.3 is 5.32 Å². The van der Waals surface area contributed by atoms with E-state index in [1.807, 2.05) is 37.3 Å². The molecule has 1 amide bonds. The molecule has 0 bridgehead atoms. The number of carbonyl (C=O) groups excluding carboxylic acids is 1. The minimum Gasteiger partial charge on any atom is -0.322 e. The molecule has 0 heterocycles. The van der Waals surface area contributed by atoms with Crippen LogP contribution in [-0.4, -0.2) is 10.8 Å². The van der Waals surface area contributed by atoms with Gasteiger partial charge in [0.25, 0.3) is 11.6 Å². The number of nitrogens with zero attached hydrogens (tertiary/aromatic N) is 1. The lowest BCUT2D eigenvalue weighted by Gasteiger charge is -2.12. The van der Waals surface area contributed by atoms with Crippen LogP contribution in [0, 0.1) is 17.0 Å². The van der Waals surface area contributed by atoms with Gasteiger partial charge in [-0.3, -0.25) is 14.9 Å². The van der Waals surface area contributed by atoms with Crippen molar-refractivity contribution in [3.05, 3.63) is 105 Å². The molecule has 0 aliphatic rings. The first-order chi connectivity index (χ1) is 13.4. The monoisotopic (exact) mass is 392 g/mol. The Kier molecular flexibility index (Phi) is 5.87. The van der Waals surface area contributed by atoms with Crippen LogP contribution >= 0.6 is 11.6 Å². The summed E-state index contributed by atoms with van der Waals surface area (Å²) in [4.78, 5) is 23.6. The van der Waals surface area contributed by atoms with Crippen molar-refractivity contribution in [1.82, 2.24) is 0 Å². The van der Waals surface area contributed by atoms with Crippen LogP contribution in [0.25, 0.3) is 11.6 Å². The third kappa shape index (κ3) is 4.64. The fourth-order valence-electron chi connectivity index (χ4n) is 2.75. The molecule has 3 aromatic rings. The second-order valence-electron chi connectivity index (χ2n) is 6.19. The van der Waals surface area contributed by atoms with Gasteiger partial charge in [-0.2, -0.15) is 0 Å². The molecule has 0 aromatic heterocycles. The summed E-state index contributed by atoms with van der Waals surface area (Å²) in [7, 11) is 0. The van der Waals surface area contributed by atoms with Crippen LogP contribution < -0.4 is 5.32 Å². The first-order valence-electron chi connectivity index (χ1n) is 8.53. The lowest BCUT2D eigenvalue weighted by Crippen LogP contribution is -2.14. The third-order valence-electron chi connectivity index (χ3n) is 4.16. The van der Waals surface area contributed by atoms with Crippen molar-refractivity contribution < 1.29 is 9.72 Å². The lowest BCUT2D eigenvalue weighted by molar-refractivity contribution is -0.384. The van der Waals surface area contributed by atoms with E-state index in [1.54, 1.807) is 36.4 Å². The highest BCUT2D eigenvalue weighted by molar-refractivity contribution is 6.31. The second kappa shape index (κ2) is 8.50. The average molecular weight is 393 g/mol. The van der Waals surface area contributed by atoms with Crippen molar-refractivity contribution in [2.45, 2.75) is 6.92 Å². The maximum atomic E-state index is 13.0. The Labute approximate surface area is 167 Å². The number of rotatable bonds is 5. The second-order valence-corrected chi connectivity index (χ2v) is 6.63. The van der Waals surface area contributed by atoms with Gasteiger partial charge in [0.2, 0.25) is 0 Å². The van der Waals surface area contributed by atoms with Crippen molar-refractivity contribution in [3.63, 3.8) is 0 Å². The number of nitro benzene ring substituents is 1. The van der Waals surface area contributed by atoms with Crippen molar-refractivity contribution in [1.29, 1.82) is 0 Å². The molecule has 140 valence electrons. The molecule has 0 radical (unpaired) electrons. The largest absolute Gasteiger partial charge is 0.322 e. The molecule has 3 rings (SSSR count). The Balaban J connectivity index is 2.01. The Morgan fingerprint density at radius 1 is 1.04 bits per heavy atom. The molecule has 0 saturated carbocycles. The molecule has 0 saturated heterocycles. The van der Waals surface area contributed by atoms with Crippen LogP contribution in [0.15, 0.2) is 72.8 Å². The van der Waals surface area contributed by atoms with Gasteiger partial charge in [0.15, 0.2) is 0 Å².